The summed E-state index contributed by atoms with van der Waals surface area (Å²) in [7, 11) is 0. The molecule has 0 spiro atoms. The zero-order valence-corrected chi connectivity index (χ0v) is 6.72. The molecule has 0 heterocycles. The van der Waals surface area contributed by atoms with Gasteiger partial charge in [-0.2, -0.15) is 0 Å². The second-order valence-corrected chi connectivity index (χ2v) is 2.88. The van der Waals surface area contributed by atoms with Crippen LogP contribution in [0.25, 0.3) is 0 Å². The van der Waals surface area contributed by atoms with Gasteiger partial charge in [-0.05, 0) is 31.6 Å². The molecule has 0 heteroatoms. The van der Waals surface area contributed by atoms with Gasteiger partial charge in [0.1, 0.15) is 0 Å². The number of allylic oxidation sites excluding steroid dienone is 4. The predicted octanol–water partition coefficient (Wildman–Crippen LogP) is 3.31. The van der Waals surface area contributed by atoms with Gasteiger partial charge in [0.2, 0.25) is 0 Å². The monoisotopic (exact) mass is 136 g/mol. The lowest BCUT2D eigenvalue weighted by Crippen LogP contribution is -1.97. The molecule has 1 rings (SSSR count). The van der Waals surface area contributed by atoms with Gasteiger partial charge in [-0.15, -0.1) is 0 Å². The minimum Gasteiger partial charge on any atom is -0.0885 e. The van der Waals surface area contributed by atoms with Gasteiger partial charge >= 0.3 is 0 Å². The summed E-state index contributed by atoms with van der Waals surface area (Å²) in [6, 6.07) is 0. The van der Waals surface area contributed by atoms with E-state index >= 15 is 0 Å². The zero-order valence-electron chi connectivity index (χ0n) is 6.72. The molecule has 1 atom stereocenters. The van der Waals surface area contributed by atoms with Crippen LogP contribution in [-0.4, -0.2) is 0 Å². The van der Waals surface area contributed by atoms with Gasteiger partial charge in [0.25, 0.3) is 0 Å². The Morgan fingerprint density at radius 2 is 2.40 bits per heavy atom. The van der Waals surface area contributed by atoms with Crippen LogP contribution in [-0.2, 0) is 0 Å². The predicted molar refractivity (Wildman–Crippen MR) is 45.9 cm³/mol. The molecule has 0 aromatic heterocycles. The summed E-state index contributed by atoms with van der Waals surface area (Å²) >= 11 is 0. The van der Waals surface area contributed by atoms with E-state index in [1.807, 2.05) is 0 Å². The van der Waals surface area contributed by atoms with Crippen molar-refractivity contribution in [2.75, 3.05) is 0 Å². The third kappa shape index (κ3) is 2.38. The van der Waals surface area contributed by atoms with Crippen LogP contribution in [0.2, 0.25) is 0 Å². The van der Waals surface area contributed by atoms with E-state index in [1.54, 1.807) is 0 Å². The number of hydrogen-bond donors (Lipinski definition) is 0. The minimum absolute atomic E-state index is 0.838. The second kappa shape index (κ2) is 4.32. The molecule has 1 aliphatic carbocycles. The average Bonchev–Trinajstić information content (AvgIpc) is 2.03. The molecule has 0 nitrogen and oxygen atoms in total. The lowest BCUT2D eigenvalue weighted by molar-refractivity contribution is 0.582. The summed E-state index contributed by atoms with van der Waals surface area (Å²) in [6.07, 6.45) is 14.3. The zero-order chi connectivity index (χ0) is 7.23. The van der Waals surface area contributed by atoms with Crippen LogP contribution in [0.15, 0.2) is 24.3 Å². The van der Waals surface area contributed by atoms with Crippen LogP contribution in [0.5, 0.6) is 0 Å². The molecular formula is C10H16. The van der Waals surface area contributed by atoms with Crippen LogP contribution in [0.4, 0.5) is 0 Å². The fourth-order valence-electron chi connectivity index (χ4n) is 1.32. The van der Waals surface area contributed by atoms with Gasteiger partial charge < -0.3 is 0 Å². The average molecular weight is 136 g/mol. The largest absolute Gasteiger partial charge is 0.0885 e. The second-order valence-electron chi connectivity index (χ2n) is 2.88. The van der Waals surface area contributed by atoms with E-state index in [0.717, 1.165) is 5.92 Å². The van der Waals surface area contributed by atoms with Crippen molar-refractivity contribution in [2.45, 2.75) is 32.6 Å². The maximum Gasteiger partial charge on any atom is -0.0196 e. The Morgan fingerprint density at radius 1 is 1.50 bits per heavy atom. The quantitative estimate of drug-likeness (QED) is 0.511. The molecule has 0 aliphatic heterocycles. The van der Waals surface area contributed by atoms with Crippen molar-refractivity contribution in [1.82, 2.24) is 0 Å². The fraction of sp³-hybridized carbons (Fsp3) is 0.600. The lowest BCUT2D eigenvalue weighted by atomic mass is 9.94. The van der Waals surface area contributed by atoms with E-state index in [9.17, 15) is 0 Å². The van der Waals surface area contributed by atoms with Crippen molar-refractivity contribution >= 4 is 0 Å². The summed E-state index contributed by atoms with van der Waals surface area (Å²) in [5.74, 6) is 0.838. The SMILES string of the molecule is CC/C=C/C1CC=CCC1. The van der Waals surface area contributed by atoms with Crippen LogP contribution in [0.3, 0.4) is 0 Å². The highest BCUT2D eigenvalue weighted by molar-refractivity contribution is 4.98. The normalized spacial score (nSPS) is 25.9. The lowest BCUT2D eigenvalue weighted by Gasteiger charge is -2.12. The highest BCUT2D eigenvalue weighted by Crippen LogP contribution is 2.18. The van der Waals surface area contributed by atoms with Gasteiger partial charge in [0.15, 0.2) is 0 Å². The molecule has 1 aliphatic rings. The molecule has 0 fully saturated rings. The highest BCUT2D eigenvalue weighted by atomic mass is 14.1. The Balaban J connectivity index is 2.28. The van der Waals surface area contributed by atoms with E-state index in [0.29, 0.717) is 0 Å². The molecule has 1 unspecified atom stereocenters. The Labute approximate surface area is 63.6 Å². The Morgan fingerprint density at radius 3 is 3.00 bits per heavy atom. The first-order valence-corrected chi connectivity index (χ1v) is 4.25. The third-order valence-electron chi connectivity index (χ3n) is 1.95. The molecule has 10 heavy (non-hydrogen) atoms. The summed E-state index contributed by atoms with van der Waals surface area (Å²) in [4.78, 5) is 0. The fourth-order valence-corrected chi connectivity index (χ4v) is 1.32. The Bertz CT molecular complexity index is 131. The summed E-state index contributed by atoms with van der Waals surface area (Å²) in [6.45, 7) is 2.19. The van der Waals surface area contributed by atoms with Crippen molar-refractivity contribution in [1.29, 1.82) is 0 Å². The first kappa shape index (κ1) is 7.59. The molecule has 0 amide bonds. The maximum absolute atomic E-state index is 2.36. The van der Waals surface area contributed by atoms with Crippen LogP contribution < -0.4 is 0 Å². The van der Waals surface area contributed by atoms with Crippen molar-refractivity contribution in [3.8, 4) is 0 Å². The Hall–Kier alpha value is -0.520. The van der Waals surface area contributed by atoms with Crippen LogP contribution in [0.1, 0.15) is 32.6 Å². The first-order valence-electron chi connectivity index (χ1n) is 4.25. The van der Waals surface area contributed by atoms with Gasteiger partial charge in [-0.25, -0.2) is 0 Å². The molecule has 0 aromatic rings. The van der Waals surface area contributed by atoms with Crippen molar-refractivity contribution in [3.05, 3.63) is 24.3 Å². The number of hydrogen-bond acceptors (Lipinski definition) is 0. The first-order chi connectivity index (χ1) is 4.93. The summed E-state index contributed by atoms with van der Waals surface area (Å²) in [5, 5.41) is 0. The smallest absolute Gasteiger partial charge is 0.0196 e. The Kier molecular flexibility index (Phi) is 3.28. The summed E-state index contributed by atoms with van der Waals surface area (Å²) < 4.78 is 0. The maximum atomic E-state index is 2.36. The molecule has 0 radical (unpaired) electrons. The summed E-state index contributed by atoms with van der Waals surface area (Å²) in [5.41, 5.74) is 0. The van der Waals surface area contributed by atoms with E-state index in [-0.39, 0.29) is 0 Å². The van der Waals surface area contributed by atoms with E-state index in [4.69, 9.17) is 0 Å². The molecule has 0 N–H and O–H groups in total. The highest BCUT2D eigenvalue weighted by Gasteiger charge is 2.03. The van der Waals surface area contributed by atoms with Crippen LogP contribution >= 0.6 is 0 Å². The standard InChI is InChI=1S/C10H16/c1-2-3-7-10-8-5-4-6-9-10/h3-5,7,10H,2,6,8-9H2,1H3/b7-3+. The topological polar surface area (TPSA) is 0 Å². The molecule has 0 aromatic carbocycles. The molecule has 56 valence electrons. The van der Waals surface area contributed by atoms with Crippen molar-refractivity contribution < 1.29 is 0 Å². The van der Waals surface area contributed by atoms with Gasteiger partial charge in [-0.3, -0.25) is 0 Å². The third-order valence-corrected chi connectivity index (χ3v) is 1.95. The van der Waals surface area contributed by atoms with Gasteiger partial charge in [0, 0.05) is 0 Å². The number of rotatable bonds is 2. The van der Waals surface area contributed by atoms with Crippen molar-refractivity contribution in [3.63, 3.8) is 0 Å². The van der Waals surface area contributed by atoms with E-state index in [2.05, 4.69) is 31.2 Å². The molecule has 0 saturated carbocycles. The molecule has 0 bridgehead atoms. The van der Waals surface area contributed by atoms with E-state index < -0.39 is 0 Å². The van der Waals surface area contributed by atoms with Gasteiger partial charge in [-0.1, -0.05) is 31.2 Å². The van der Waals surface area contributed by atoms with Gasteiger partial charge in [0.05, 0.1) is 0 Å². The van der Waals surface area contributed by atoms with Crippen molar-refractivity contribution in [2.24, 2.45) is 5.92 Å². The molecular weight excluding hydrogens is 120 g/mol. The molecule has 0 saturated heterocycles. The van der Waals surface area contributed by atoms with E-state index in [1.165, 1.54) is 25.7 Å². The minimum atomic E-state index is 0.838. The van der Waals surface area contributed by atoms with Crippen LogP contribution in [0, 0.1) is 5.92 Å².